The zero-order valence-electron chi connectivity index (χ0n) is 6.85. The normalized spacial score (nSPS) is 34.1. The fraction of sp³-hybridized carbons (Fsp3) is 0.857. The van der Waals surface area contributed by atoms with Gasteiger partial charge in [0, 0.05) is 11.3 Å². The highest BCUT2D eigenvalue weighted by Gasteiger charge is 2.39. The summed E-state index contributed by atoms with van der Waals surface area (Å²) in [6.07, 6.45) is 0.810. The Kier molecular flexibility index (Phi) is 3.08. The van der Waals surface area contributed by atoms with Crippen LogP contribution >= 0.6 is 11.6 Å². The van der Waals surface area contributed by atoms with Crippen molar-refractivity contribution >= 4 is 17.6 Å². The van der Waals surface area contributed by atoms with E-state index in [-0.39, 0.29) is 12.8 Å². The van der Waals surface area contributed by atoms with E-state index < -0.39 is 28.2 Å². The number of nitrogens with zero attached hydrogens (tertiary/aromatic N) is 1. The Morgan fingerprint density at radius 3 is 2.54 bits per heavy atom. The molecule has 0 saturated heterocycles. The van der Waals surface area contributed by atoms with Gasteiger partial charge in [-0.3, -0.25) is 14.9 Å². The fourth-order valence-electron chi connectivity index (χ4n) is 1.56. The summed E-state index contributed by atoms with van der Waals surface area (Å²) < 4.78 is 0. The quantitative estimate of drug-likeness (QED) is 0.418. The van der Waals surface area contributed by atoms with Crippen molar-refractivity contribution in [3.8, 4) is 0 Å². The molecular formula is C7H10ClNO4. The molecule has 0 aliphatic heterocycles. The first kappa shape index (κ1) is 10.2. The van der Waals surface area contributed by atoms with Gasteiger partial charge in [0.25, 0.3) is 0 Å². The predicted molar refractivity (Wildman–Crippen MR) is 45.4 cm³/mol. The lowest BCUT2D eigenvalue weighted by molar-refractivity contribution is -0.525. The van der Waals surface area contributed by atoms with E-state index in [0.717, 1.165) is 0 Å². The van der Waals surface area contributed by atoms with Crippen LogP contribution < -0.4 is 0 Å². The number of hydrogen-bond donors (Lipinski definition) is 1. The second-order valence-corrected chi connectivity index (χ2v) is 3.78. The van der Waals surface area contributed by atoms with Gasteiger partial charge >= 0.3 is 5.97 Å². The maximum absolute atomic E-state index is 10.5. The SMILES string of the molecule is O=C(O)C1CCC([N+](=O)[O-])C(Cl)C1. The van der Waals surface area contributed by atoms with Crippen LogP contribution in [0.2, 0.25) is 0 Å². The molecule has 3 atom stereocenters. The molecule has 6 heteroatoms. The van der Waals surface area contributed by atoms with E-state index in [0.29, 0.717) is 6.42 Å². The second-order valence-electron chi connectivity index (χ2n) is 3.22. The first-order valence-corrected chi connectivity index (χ1v) is 4.46. The molecule has 0 heterocycles. The number of aliphatic carboxylic acids is 1. The largest absolute Gasteiger partial charge is 0.481 e. The van der Waals surface area contributed by atoms with Gasteiger partial charge in [-0.05, 0) is 12.8 Å². The van der Waals surface area contributed by atoms with E-state index in [9.17, 15) is 14.9 Å². The number of rotatable bonds is 2. The minimum atomic E-state index is -0.910. The zero-order valence-corrected chi connectivity index (χ0v) is 7.61. The van der Waals surface area contributed by atoms with Gasteiger partial charge < -0.3 is 5.11 Å². The molecule has 3 unspecified atom stereocenters. The lowest BCUT2D eigenvalue weighted by atomic mass is 9.86. The van der Waals surface area contributed by atoms with Gasteiger partial charge in [0.1, 0.15) is 5.38 Å². The smallest absolute Gasteiger partial charge is 0.306 e. The van der Waals surface area contributed by atoms with Crippen molar-refractivity contribution in [1.82, 2.24) is 0 Å². The molecule has 0 aromatic carbocycles. The molecule has 0 amide bonds. The Morgan fingerprint density at radius 2 is 2.15 bits per heavy atom. The van der Waals surface area contributed by atoms with Crippen molar-refractivity contribution in [2.45, 2.75) is 30.7 Å². The van der Waals surface area contributed by atoms with E-state index in [2.05, 4.69) is 0 Å². The van der Waals surface area contributed by atoms with Gasteiger partial charge in [0.05, 0.1) is 5.92 Å². The average molecular weight is 208 g/mol. The van der Waals surface area contributed by atoms with Crippen LogP contribution in [0.3, 0.4) is 0 Å². The lowest BCUT2D eigenvalue weighted by Crippen LogP contribution is -2.38. The number of carboxylic acids is 1. The number of alkyl halides is 1. The molecule has 74 valence electrons. The van der Waals surface area contributed by atoms with Crippen LogP contribution in [0.1, 0.15) is 19.3 Å². The molecule has 5 nitrogen and oxygen atoms in total. The molecule has 1 rings (SSSR count). The molecule has 1 N–H and O–H groups in total. The van der Waals surface area contributed by atoms with Gasteiger partial charge in [-0.15, -0.1) is 11.6 Å². The number of halogens is 1. The van der Waals surface area contributed by atoms with Crippen molar-refractivity contribution in [1.29, 1.82) is 0 Å². The lowest BCUT2D eigenvalue weighted by Gasteiger charge is -2.24. The standard InChI is InChI=1S/C7H10ClNO4/c8-5-3-4(7(10)11)1-2-6(5)9(12)13/h4-6H,1-3H2,(H,10,11). The van der Waals surface area contributed by atoms with E-state index in [4.69, 9.17) is 16.7 Å². The third kappa shape index (κ3) is 2.30. The van der Waals surface area contributed by atoms with Crippen LogP contribution in [0.4, 0.5) is 0 Å². The van der Waals surface area contributed by atoms with Crippen LogP contribution in [0.5, 0.6) is 0 Å². The Balaban J connectivity index is 2.56. The summed E-state index contributed by atoms with van der Waals surface area (Å²) in [7, 11) is 0. The van der Waals surface area contributed by atoms with Crippen molar-refractivity contribution < 1.29 is 14.8 Å². The molecule has 13 heavy (non-hydrogen) atoms. The van der Waals surface area contributed by atoms with Crippen LogP contribution in [-0.2, 0) is 4.79 Å². The van der Waals surface area contributed by atoms with Crippen LogP contribution in [-0.4, -0.2) is 27.4 Å². The van der Waals surface area contributed by atoms with E-state index in [1.807, 2.05) is 0 Å². The molecule has 1 saturated carbocycles. The van der Waals surface area contributed by atoms with Crippen molar-refractivity contribution in [2.75, 3.05) is 0 Å². The summed E-state index contributed by atoms with van der Waals surface area (Å²) in [4.78, 5) is 20.5. The highest BCUT2D eigenvalue weighted by Crippen LogP contribution is 2.29. The van der Waals surface area contributed by atoms with Gasteiger partial charge in [-0.1, -0.05) is 0 Å². The zero-order chi connectivity index (χ0) is 10.0. The molecule has 0 aromatic rings. The molecule has 1 aliphatic rings. The molecule has 0 bridgehead atoms. The highest BCUT2D eigenvalue weighted by atomic mass is 35.5. The van der Waals surface area contributed by atoms with Crippen LogP contribution in [0, 0.1) is 16.0 Å². The Bertz CT molecular complexity index is 233. The van der Waals surface area contributed by atoms with Gasteiger partial charge in [0.15, 0.2) is 0 Å². The summed E-state index contributed by atoms with van der Waals surface area (Å²) in [5, 5.41) is 18.4. The van der Waals surface area contributed by atoms with Gasteiger partial charge in [-0.25, -0.2) is 0 Å². The third-order valence-corrected chi connectivity index (χ3v) is 2.83. The predicted octanol–water partition coefficient (Wildman–Crippen LogP) is 1.12. The summed E-state index contributed by atoms with van der Waals surface area (Å²) in [5.41, 5.74) is 0. The van der Waals surface area contributed by atoms with Crippen molar-refractivity contribution in [3.63, 3.8) is 0 Å². The van der Waals surface area contributed by atoms with Crippen molar-refractivity contribution in [2.24, 2.45) is 5.92 Å². The molecule has 0 radical (unpaired) electrons. The molecule has 0 aromatic heterocycles. The maximum Gasteiger partial charge on any atom is 0.306 e. The van der Waals surface area contributed by atoms with Gasteiger partial charge in [0.2, 0.25) is 6.04 Å². The first-order chi connectivity index (χ1) is 6.02. The van der Waals surface area contributed by atoms with Crippen molar-refractivity contribution in [3.05, 3.63) is 10.1 Å². The number of nitro groups is 1. The minimum Gasteiger partial charge on any atom is -0.481 e. The monoisotopic (exact) mass is 207 g/mol. The topological polar surface area (TPSA) is 80.4 Å². The van der Waals surface area contributed by atoms with E-state index >= 15 is 0 Å². The molecule has 1 aliphatic carbocycles. The number of hydrogen-bond acceptors (Lipinski definition) is 3. The Hall–Kier alpha value is -0.840. The van der Waals surface area contributed by atoms with Crippen LogP contribution in [0.25, 0.3) is 0 Å². The maximum atomic E-state index is 10.5. The minimum absolute atomic E-state index is 0.197. The van der Waals surface area contributed by atoms with E-state index in [1.165, 1.54) is 0 Å². The second kappa shape index (κ2) is 3.91. The summed E-state index contributed by atoms with van der Waals surface area (Å²) in [5.74, 6) is -1.42. The van der Waals surface area contributed by atoms with Crippen LogP contribution in [0.15, 0.2) is 0 Å². The highest BCUT2D eigenvalue weighted by molar-refractivity contribution is 6.21. The summed E-state index contributed by atoms with van der Waals surface area (Å²) in [6, 6.07) is -0.780. The Morgan fingerprint density at radius 1 is 1.54 bits per heavy atom. The van der Waals surface area contributed by atoms with Gasteiger partial charge in [-0.2, -0.15) is 0 Å². The first-order valence-electron chi connectivity index (χ1n) is 4.02. The average Bonchev–Trinajstić information content (AvgIpc) is 2.03. The molecule has 0 spiro atoms. The fourth-order valence-corrected chi connectivity index (χ4v) is 1.99. The van der Waals surface area contributed by atoms with E-state index in [1.54, 1.807) is 0 Å². The molecule has 1 fully saturated rings. The number of carbonyl (C=O) groups is 1. The number of carboxylic acid groups (broad SMARTS) is 1. The third-order valence-electron chi connectivity index (χ3n) is 2.36. The Labute approximate surface area is 79.8 Å². The summed E-state index contributed by atoms with van der Waals surface area (Å²) >= 11 is 5.71. The summed E-state index contributed by atoms with van der Waals surface area (Å²) in [6.45, 7) is 0. The molecular weight excluding hydrogens is 198 g/mol.